The lowest BCUT2D eigenvalue weighted by molar-refractivity contribution is -0.117. The summed E-state index contributed by atoms with van der Waals surface area (Å²) in [5.41, 5.74) is 11.1. The average molecular weight is 644 g/mol. The smallest absolute Gasteiger partial charge is 0.288 e. The molecule has 0 aliphatic rings. The van der Waals surface area contributed by atoms with Crippen LogP contribution in [0.1, 0.15) is 92.9 Å². The van der Waals surface area contributed by atoms with Crippen molar-refractivity contribution in [2.24, 2.45) is 10.1 Å². The van der Waals surface area contributed by atoms with Gasteiger partial charge in [0.05, 0.1) is 6.21 Å². The van der Waals surface area contributed by atoms with Crippen LogP contribution in [-0.2, 0) is 35.3 Å². The van der Waals surface area contributed by atoms with Crippen molar-refractivity contribution >= 4 is 35.7 Å². The molecular weight excluding hydrogens is 598 g/mol. The van der Waals surface area contributed by atoms with Gasteiger partial charge in [0.25, 0.3) is 5.78 Å². The van der Waals surface area contributed by atoms with Crippen LogP contribution in [0.2, 0.25) is 0 Å². The third kappa shape index (κ3) is 10.4. The molecule has 0 saturated heterocycles. The van der Waals surface area contributed by atoms with Gasteiger partial charge < -0.3 is 0 Å². The number of hydrazone groups is 1. The summed E-state index contributed by atoms with van der Waals surface area (Å²) < 4.78 is 0. The Morgan fingerprint density at radius 3 is 1.40 bits per heavy atom. The summed E-state index contributed by atoms with van der Waals surface area (Å²) in [5, 5.41) is 3.87. The Hall–Kier alpha value is -5.30. The minimum atomic E-state index is -0.713. The molecule has 1 amide bonds. The number of hydrogen-bond acceptors (Lipinski definition) is 6. The average Bonchev–Trinajstić information content (AvgIpc) is 3.11. The second-order valence-electron chi connectivity index (χ2n) is 11.4. The molecule has 48 heavy (non-hydrogen) atoms. The summed E-state index contributed by atoms with van der Waals surface area (Å²) in [6.45, 7) is 11.9. The van der Waals surface area contributed by atoms with E-state index in [-0.39, 0.29) is 6.54 Å². The maximum atomic E-state index is 12.6. The molecule has 0 saturated carbocycles. The number of hydrogen-bond donors (Lipinski definition) is 1. The zero-order valence-electron chi connectivity index (χ0n) is 28.8. The van der Waals surface area contributed by atoms with Gasteiger partial charge >= 0.3 is 5.91 Å². The molecule has 0 aliphatic carbocycles. The van der Waals surface area contributed by atoms with Crippen LogP contribution >= 0.6 is 0 Å². The molecule has 0 unspecified atom stereocenters. The standard InChI is InChI=1S/C21H23NO2.C20H22N2O2/c1-4-17-11-15(3)12-18(5-2)20(17)21(24)19(23)14-22-13-16-9-7-6-8-10-16;1-4-16-11-14(3)12-17(5-2)18(16)19(23)20(24)22-21-13-15-9-7-6-8-10-15/h6-13H,4-5,14H2,1-3H3;6-13H,4-5H2,1-3H3,(H,22,24). The molecule has 0 aromatic heterocycles. The van der Waals surface area contributed by atoms with Crippen LogP contribution in [0.5, 0.6) is 0 Å². The maximum absolute atomic E-state index is 12.6. The normalized spacial score (nSPS) is 10.9. The molecule has 0 aliphatic heterocycles. The fourth-order valence-corrected chi connectivity index (χ4v) is 5.44. The van der Waals surface area contributed by atoms with Gasteiger partial charge in [-0.15, -0.1) is 0 Å². The Kier molecular flexibility index (Phi) is 14.5. The van der Waals surface area contributed by atoms with Crippen LogP contribution in [0.15, 0.2) is 95.0 Å². The van der Waals surface area contributed by atoms with Crippen molar-refractivity contribution in [2.75, 3.05) is 6.54 Å². The molecule has 7 heteroatoms. The lowest BCUT2D eigenvalue weighted by Crippen LogP contribution is -2.29. The number of rotatable bonds is 13. The molecule has 248 valence electrons. The highest BCUT2D eigenvalue weighted by Gasteiger charge is 2.23. The predicted octanol–water partition coefficient (Wildman–Crippen LogP) is 7.44. The van der Waals surface area contributed by atoms with Crippen LogP contribution < -0.4 is 5.43 Å². The third-order valence-corrected chi connectivity index (χ3v) is 7.78. The van der Waals surface area contributed by atoms with E-state index in [4.69, 9.17) is 0 Å². The largest absolute Gasteiger partial charge is 0.312 e. The molecule has 7 nitrogen and oxygen atoms in total. The topological polar surface area (TPSA) is 105 Å². The van der Waals surface area contributed by atoms with E-state index in [1.165, 1.54) is 6.21 Å². The van der Waals surface area contributed by atoms with Gasteiger partial charge in [-0.25, -0.2) is 5.43 Å². The number of ketones is 3. The number of aliphatic imine (C=N–C) groups is 1. The quantitative estimate of drug-likeness (QED) is 0.0707. The number of benzene rings is 4. The Balaban J connectivity index is 0.000000260. The fraction of sp³-hybridized carbons (Fsp3) is 0.268. The van der Waals surface area contributed by atoms with Gasteiger partial charge in [0, 0.05) is 17.3 Å². The van der Waals surface area contributed by atoms with Crippen LogP contribution in [-0.4, -0.2) is 42.2 Å². The SMILES string of the molecule is CCc1cc(C)cc(CC)c1C(=O)C(=O)CN=Cc1ccccc1.CCc1cc(C)cc(CC)c1C(=O)C(=O)NN=Cc1ccccc1. The number of amides is 1. The van der Waals surface area contributed by atoms with Crippen LogP contribution in [0.25, 0.3) is 0 Å². The first-order valence-electron chi connectivity index (χ1n) is 16.4. The van der Waals surface area contributed by atoms with Crippen molar-refractivity contribution in [1.29, 1.82) is 0 Å². The van der Waals surface area contributed by atoms with Gasteiger partial charge in [0.1, 0.15) is 6.54 Å². The summed E-state index contributed by atoms with van der Waals surface area (Å²) >= 11 is 0. The van der Waals surface area contributed by atoms with Gasteiger partial charge in [0.2, 0.25) is 11.6 Å². The van der Waals surface area contributed by atoms with E-state index in [0.29, 0.717) is 24.0 Å². The van der Waals surface area contributed by atoms with Gasteiger partial charge in [-0.1, -0.05) is 124 Å². The Morgan fingerprint density at radius 2 is 0.979 bits per heavy atom. The molecule has 4 aromatic rings. The number of carbonyl (C=O) groups is 4. The predicted molar refractivity (Wildman–Crippen MR) is 195 cm³/mol. The monoisotopic (exact) mass is 643 g/mol. The molecule has 4 aromatic carbocycles. The fourth-order valence-electron chi connectivity index (χ4n) is 5.44. The summed E-state index contributed by atoms with van der Waals surface area (Å²) in [6.07, 6.45) is 6.02. The Morgan fingerprint density at radius 1 is 0.583 bits per heavy atom. The Bertz CT molecular complexity index is 1610. The number of Topliss-reactive ketones (excluding diaryl/α,β-unsaturated/α-hetero) is 3. The van der Waals surface area contributed by atoms with Crippen molar-refractivity contribution in [3.63, 3.8) is 0 Å². The molecule has 4 rings (SSSR count). The van der Waals surface area contributed by atoms with E-state index in [9.17, 15) is 19.2 Å². The zero-order chi connectivity index (χ0) is 35.1. The van der Waals surface area contributed by atoms with Crippen molar-refractivity contribution in [2.45, 2.75) is 67.2 Å². The number of aryl methyl sites for hydroxylation is 6. The van der Waals surface area contributed by atoms with Crippen molar-refractivity contribution in [1.82, 2.24) is 5.43 Å². The van der Waals surface area contributed by atoms with Gasteiger partial charge in [-0.2, -0.15) is 5.10 Å². The van der Waals surface area contributed by atoms with E-state index >= 15 is 0 Å². The molecule has 0 atom stereocenters. The second kappa shape index (κ2) is 18.7. The number of nitrogens with one attached hydrogen (secondary N) is 1. The van der Waals surface area contributed by atoms with Gasteiger partial charge in [-0.3, -0.25) is 24.2 Å². The molecular formula is C41H45N3O4. The number of nitrogens with zero attached hydrogens (tertiary/aromatic N) is 2. The van der Waals surface area contributed by atoms with Crippen LogP contribution in [0, 0.1) is 13.8 Å². The first-order chi connectivity index (χ1) is 23.1. The van der Waals surface area contributed by atoms with E-state index in [0.717, 1.165) is 57.3 Å². The van der Waals surface area contributed by atoms with Gasteiger partial charge in [-0.05, 0) is 72.9 Å². The first kappa shape index (κ1) is 37.2. The molecule has 0 fully saturated rings. The molecule has 0 bridgehead atoms. The molecule has 1 N–H and O–H groups in total. The highest BCUT2D eigenvalue weighted by Crippen LogP contribution is 2.21. The highest BCUT2D eigenvalue weighted by molar-refractivity contribution is 6.45. The van der Waals surface area contributed by atoms with Crippen molar-refractivity contribution < 1.29 is 19.2 Å². The second-order valence-corrected chi connectivity index (χ2v) is 11.4. The summed E-state index contributed by atoms with van der Waals surface area (Å²) in [5.74, 6) is -2.13. The number of carbonyl (C=O) groups excluding carboxylic acids is 4. The van der Waals surface area contributed by atoms with Crippen LogP contribution in [0.3, 0.4) is 0 Å². The highest BCUT2D eigenvalue weighted by atomic mass is 16.2. The van der Waals surface area contributed by atoms with Crippen LogP contribution in [0.4, 0.5) is 0 Å². The van der Waals surface area contributed by atoms with E-state index < -0.39 is 23.3 Å². The molecule has 0 spiro atoms. The Labute approximate surface area is 284 Å². The zero-order valence-corrected chi connectivity index (χ0v) is 28.8. The summed E-state index contributed by atoms with van der Waals surface area (Å²) in [7, 11) is 0. The van der Waals surface area contributed by atoms with Gasteiger partial charge in [0.15, 0.2) is 0 Å². The first-order valence-corrected chi connectivity index (χ1v) is 16.4. The minimum absolute atomic E-state index is 0.117. The van der Waals surface area contributed by atoms with E-state index in [1.54, 1.807) is 6.21 Å². The van der Waals surface area contributed by atoms with E-state index in [1.807, 2.05) is 126 Å². The van der Waals surface area contributed by atoms with Crippen molar-refractivity contribution in [3.8, 4) is 0 Å². The summed E-state index contributed by atoms with van der Waals surface area (Å²) in [4.78, 5) is 53.8. The molecule has 0 radical (unpaired) electrons. The lowest BCUT2D eigenvalue weighted by Gasteiger charge is -2.12. The van der Waals surface area contributed by atoms with Crippen molar-refractivity contribution in [3.05, 3.63) is 141 Å². The molecule has 0 heterocycles. The third-order valence-electron chi connectivity index (χ3n) is 7.78. The summed E-state index contributed by atoms with van der Waals surface area (Å²) in [6, 6.07) is 26.8. The van der Waals surface area contributed by atoms with E-state index in [2.05, 4.69) is 15.5 Å². The lowest BCUT2D eigenvalue weighted by atomic mass is 9.91. The maximum Gasteiger partial charge on any atom is 0.312 e. The minimum Gasteiger partial charge on any atom is -0.288 e.